The van der Waals surface area contributed by atoms with Crippen LogP contribution >= 0.6 is 11.8 Å². The van der Waals surface area contributed by atoms with Crippen molar-refractivity contribution in [2.45, 2.75) is 56.0 Å². The van der Waals surface area contributed by atoms with Crippen LogP contribution < -0.4 is 5.32 Å². The monoisotopic (exact) mass is 358 g/mol. The summed E-state index contributed by atoms with van der Waals surface area (Å²) >= 11 is 1.46. The van der Waals surface area contributed by atoms with Crippen molar-refractivity contribution in [1.82, 2.24) is 20.1 Å². The fraction of sp³-hybridized carbons (Fsp3) is 0.526. The van der Waals surface area contributed by atoms with Crippen molar-refractivity contribution in [3.8, 4) is 11.4 Å². The Labute approximate surface area is 153 Å². The molecule has 1 fully saturated rings. The lowest BCUT2D eigenvalue weighted by Gasteiger charge is -2.30. The normalized spacial score (nSPS) is 21.7. The Balaban J connectivity index is 1.64. The zero-order chi connectivity index (χ0) is 17.8. The van der Waals surface area contributed by atoms with Gasteiger partial charge in [-0.3, -0.25) is 4.79 Å². The molecule has 0 radical (unpaired) electrons. The summed E-state index contributed by atoms with van der Waals surface area (Å²) in [5, 5.41) is 12.4. The van der Waals surface area contributed by atoms with Crippen molar-refractivity contribution in [3.05, 3.63) is 30.3 Å². The van der Waals surface area contributed by atoms with Gasteiger partial charge in [0.1, 0.15) is 0 Å². The average molecular weight is 359 g/mol. The summed E-state index contributed by atoms with van der Waals surface area (Å²) in [6.45, 7) is 4.17. The Morgan fingerprint density at radius 2 is 1.96 bits per heavy atom. The van der Waals surface area contributed by atoms with Crippen molar-refractivity contribution in [2.24, 2.45) is 13.0 Å². The van der Waals surface area contributed by atoms with Gasteiger partial charge in [-0.1, -0.05) is 61.9 Å². The first-order chi connectivity index (χ1) is 12.1. The van der Waals surface area contributed by atoms with E-state index < -0.39 is 0 Å². The van der Waals surface area contributed by atoms with E-state index in [1.165, 1.54) is 31.0 Å². The molecule has 1 N–H and O–H groups in total. The zero-order valence-electron chi connectivity index (χ0n) is 15.1. The number of hydrogen-bond donors (Lipinski definition) is 1. The maximum atomic E-state index is 12.6. The molecule has 0 saturated heterocycles. The fourth-order valence-electron chi connectivity index (χ4n) is 3.30. The van der Waals surface area contributed by atoms with Gasteiger partial charge in [-0.2, -0.15) is 0 Å². The van der Waals surface area contributed by atoms with Gasteiger partial charge in [0.2, 0.25) is 5.91 Å². The van der Waals surface area contributed by atoms with Gasteiger partial charge in [-0.25, -0.2) is 0 Å². The maximum absolute atomic E-state index is 12.6. The molecule has 1 amide bonds. The molecule has 1 saturated carbocycles. The number of nitrogens with one attached hydrogen (secondary N) is 1. The summed E-state index contributed by atoms with van der Waals surface area (Å²) in [4.78, 5) is 12.6. The molecule has 1 aliphatic carbocycles. The third kappa shape index (κ3) is 4.24. The molecule has 0 spiro atoms. The van der Waals surface area contributed by atoms with E-state index in [2.05, 4.69) is 22.4 Å². The van der Waals surface area contributed by atoms with Gasteiger partial charge >= 0.3 is 0 Å². The summed E-state index contributed by atoms with van der Waals surface area (Å²) in [6.07, 6.45) is 4.78. The van der Waals surface area contributed by atoms with E-state index in [0.29, 0.717) is 12.0 Å². The van der Waals surface area contributed by atoms with Gasteiger partial charge in [0.25, 0.3) is 0 Å². The van der Waals surface area contributed by atoms with Crippen molar-refractivity contribution in [3.63, 3.8) is 0 Å². The summed E-state index contributed by atoms with van der Waals surface area (Å²) in [5.74, 6) is 1.47. The van der Waals surface area contributed by atoms with Gasteiger partial charge in [0.15, 0.2) is 11.0 Å². The maximum Gasteiger partial charge on any atom is 0.233 e. The van der Waals surface area contributed by atoms with Crippen LogP contribution in [-0.4, -0.2) is 32.0 Å². The van der Waals surface area contributed by atoms with Crippen LogP contribution in [0.3, 0.4) is 0 Å². The second kappa shape index (κ2) is 8.04. The molecule has 3 atom stereocenters. The first kappa shape index (κ1) is 18.0. The quantitative estimate of drug-likeness (QED) is 0.829. The second-order valence-electron chi connectivity index (χ2n) is 6.87. The molecule has 2 aromatic rings. The number of carbonyl (C=O) groups excluding carboxylic acids is 1. The first-order valence-electron chi connectivity index (χ1n) is 8.98. The molecule has 1 aromatic heterocycles. The number of aromatic nitrogens is 3. The lowest BCUT2D eigenvalue weighted by molar-refractivity contribution is -0.121. The van der Waals surface area contributed by atoms with Crippen LogP contribution in [0, 0.1) is 5.92 Å². The molecule has 3 rings (SSSR count). The molecule has 134 valence electrons. The predicted molar refractivity (Wildman–Crippen MR) is 101 cm³/mol. The molecule has 0 bridgehead atoms. The zero-order valence-corrected chi connectivity index (χ0v) is 15.9. The highest BCUT2D eigenvalue weighted by Crippen LogP contribution is 2.27. The number of rotatable bonds is 5. The minimum atomic E-state index is -0.194. The third-order valence-electron chi connectivity index (χ3n) is 4.96. The predicted octanol–water partition coefficient (Wildman–Crippen LogP) is 3.66. The highest BCUT2D eigenvalue weighted by molar-refractivity contribution is 8.00. The fourth-order valence-corrected chi connectivity index (χ4v) is 4.12. The van der Waals surface area contributed by atoms with Gasteiger partial charge < -0.3 is 9.88 Å². The van der Waals surface area contributed by atoms with Gasteiger partial charge in [0.05, 0.1) is 5.25 Å². The van der Waals surface area contributed by atoms with Crippen molar-refractivity contribution < 1.29 is 4.79 Å². The summed E-state index contributed by atoms with van der Waals surface area (Å²) in [6, 6.07) is 10.3. The summed E-state index contributed by atoms with van der Waals surface area (Å²) in [7, 11) is 1.94. The Bertz CT molecular complexity index is 715. The van der Waals surface area contributed by atoms with Crippen LogP contribution in [0.25, 0.3) is 11.4 Å². The Morgan fingerprint density at radius 3 is 2.68 bits per heavy atom. The SMILES string of the molecule is C[C@@H](Sc1nnc(-c2ccccc2)n1C)C(=O)N[C@@H]1CCCC[C@@H]1C. The molecule has 6 heteroatoms. The third-order valence-corrected chi connectivity index (χ3v) is 6.09. The highest BCUT2D eigenvalue weighted by atomic mass is 32.2. The number of amides is 1. The topological polar surface area (TPSA) is 59.8 Å². The minimum absolute atomic E-state index is 0.0908. The smallest absolute Gasteiger partial charge is 0.233 e. The Hall–Kier alpha value is -1.82. The standard InChI is InChI=1S/C19H26N4OS/c1-13-9-7-8-12-16(13)20-18(24)14(2)25-19-22-21-17(23(19)3)15-10-5-4-6-11-15/h4-6,10-11,13-14,16H,7-9,12H2,1-3H3,(H,20,24)/t13-,14+,16+/m0/s1. The molecule has 25 heavy (non-hydrogen) atoms. The second-order valence-corrected chi connectivity index (χ2v) is 8.18. The lowest BCUT2D eigenvalue weighted by atomic mass is 9.86. The van der Waals surface area contributed by atoms with Gasteiger partial charge in [-0.05, 0) is 25.7 Å². The van der Waals surface area contributed by atoms with Crippen LogP contribution in [0.1, 0.15) is 39.5 Å². The molecule has 1 aromatic carbocycles. The Kier molecular flexibility index (Phi) is 5.78. The van der Waals surface area contributed by atoms with Gasteiger partial charge in [0, 0.05) is 18.7 Å². The number of benzene rings is 1. The molecule has 5 nitrogen and oxygen atoms in total. The number of carbonyl (C=O) groups is 1. The minimum Gasteiger partial charge on any atom is -0.352 e. The van der Waals surface area contributed by atoms with E-state index >= 15 is 0 Å². The van der Waals surface area contributed by atoms with Gasteiger partial charge in [-0.15, -0.1) is 10.2 Å². The van der Waals surface area contributed by atoms with E-state index in [1.807, 2.05) is 48.9 Å². The number of thioether (sulfide) groups is 1. The molecular formula is C19H26N4OS. The van der Waals surface area contributed by atoms with E-state index in [0.717, 1.165) is 23.0 Å². The van der Waals surface area contributed by atoms with Crippen molar-refractivity contribution in [1.29, 1.82) is 0 Å². The van der Waals surface area contributed by atoms with Crippen LogP contribution in [0.5, 0.6) is 0 Å². The van der Waals surface area contributed by atoms with E-state index in [9.17, 15) is 4.79 Å². The van der Waals surface area contributed by atoms with Crippen LogP contribution in [-0.2, 0) is 11.8 Å². The first-order valence-corrected chi connectivity index (χ1v) is 9.86. The van der Waals surface area contributed by atoms with Crippen LogP contribution in [0.4, 0.5) is 0 Å². The molecule has 0 aliphatic heterocycles. The molecule has 0 unspecified atom stereocenters. The van der Waals surface area contributed by atoms with Crippen LogP contribution in [0.2, 0.25) is 0 Å². The lowest BCUT2D eigenvalue weighted by Crippen LogP contribution is -2.44. The number of hydrogen-bond acceptors (Lipinski definition) is 4. The van der Waals surface area contributed by atoms with E-state index in [4.69, 9.17) is 0 Å². The highest BCUT2D eigenvalue weighted by Gasteiger charge is 2.26. The van der Waals surface area contributed by atoms with Crippen molar-refractivity contribution in [2.75, 3.05) is 0 Å². The largest absolute Gasteiger partial charge is 0.352 e. The number of nitrogens with zero attached hydrogens (tertiary/aromatic N) is 3. The van der Waals surface area contributed by atoms with E-state index in [-0.39, 0.29) is 11.2 Å². The molecular weight excluding hydrogens is 332 g/mol. The summed E-state index contributed by atoms with van der Waals surface area (Å²) < 4.78 is 1.95. The van der Waals surface area contributed by atoms with E-state index in [1.54, 1.807) is 0 Å². The van der Waals surface area contributed by atoms with Crippen LogP contribution in [0.15, 0.2) is 35.5 Å². The van der Waals surface area contributed by atoms with Crippen molar-refractivity contribution >= 4 is 17.7 Å². The summed E-state index contributed by atoms with van der Waals surface area (Å²) in [5.41, 5.74) is 1.03. The average Bonchev–Trinajstić information content (AvgIpc) is 2.98. The molecule has 1 heterocycles. The Morgan fingerprint density at radius 1 is 1.24 bits per heavy atom. The molecule has 1 aliphatic rings.